The van der Waals surface area contributed by atoms with Crippen LogP contribution in [-0.2, 0) is 23.8 Å². The summed E-state index contributed by atoms with van der Waals surface area (Å²) in [5.74, 6) is 0.0919. The van der Waals surface area contributed by atoms with Crippen molar-refractivity contribution < 1.29 is 22.1 Å². The standard InChI is InChI=1S/C13H24O5S/c1-13(2,3)17-12(14)9-10-5-7-11(8-6-10)18-19(4,15)16/h10-11H,5-9H2,1-4H3. The van der Waals surface area contributed by atoms with Crippen molar-refractivity contribution in [3.05, 3.63) is 0 Å². The second kappa shape index (κ2) is 6.22. The number of hydrogen-bond acceptors (Lipinski definition) is 5. The van der Waals surface area contributed by atoms with Crippen LogP contribution >= 0.6 is 0 Å². The summed E-state index contributed by atoms with van der Waals surface area (Å²) in [6.07, 6.45) is 4.22. The molecule has 5 nitrogen and oxygen atoms in total. The van der Waals surface area contributed by atoms with E-state index in [1.54, 1.807) is 0 Å². The molecule has 0 heterocycles. The van der Waals surface area contributed by atoms with Crippen molar-refractivity contribution in [3.63, 3.8) is 0 Å². The number of carbonyl (C=O) groups is 1. The fourth-order valence-corrected chi connectivity index (χ4v) is 2.99. The molecule has 1 aliphatic rings. The molecule has 0 spiro atoms. The average molecular weight is 292 g/mol. The van der Waals surface area contributed by atoms with E-state index in [2.05, 4.69) is 0 Å². The van der Waals surface area contributed by atoms with Gasteiger partial charge in [0.1, 0.15) is 5.60 Å². The minimum Gasteiger partial charge on any atom is -0.460 e. The van der Waals surface area contributed by atoms with Crippen molar-refractivity contribution in [1.82, 2.24) is 0 Å². The van der Waals surface area contributed by atoms with Crippen molar-refractivity contribution in [1.29, 1.82) is 0 Å². The van der Waals surface area contributed by atoms with Crippen LogP contribution in [0.4, 0.5) is 0 Å². The third kappa shape index (κ3) is 7.52. The molecule has 0 amide bonds. The number of hydrogen-bond donors (Lipinski definition) is 0. The number of esters is 1. The average Bonchev–Trinajstić information content (AvgIpc) is 2.15. The molecule has 1 saturated carbocycles. The highest BCUT2D eigenvalue weighted by Crippen LogP contribution is 2.29. The monoisotopic (exact) mass is 292 g/mol. The summed E-state index contributed by atoms with van der Waals surface area (Å²) in [5, 5.41) is 0. The van der Waals surface area contributed by atoms with Crippen molar-refractivity contribution in [2.24, 2.45) is 5.92 Å². The topological polar surface area (TPSA) is 69.7 Å². The van der Waals surface area contributed by atoms with E-state index in [0.29, 0.717) is 19.3 Å². The molecule has 0 aromatic heterocycles. The molecule has 0 aliphatic heterocycles. The smallest absolute Gasteiger partial charge is 0.306 e. The molecule has 0 aromatic carbocycles. The van der Waals surface area contributed by atoms with Gasteiger partial charge in [0.25, 0.3) is 10.1 Å². The van der Waals surface area contributed by atoms with Gasteiger partial charge in [-0.25, -0.2) is 0 Å². The van der Waals surface area contributed by atoms with Crippen LogP contribution in [0.5, 0.6) is 0 Å². The molecule has 0 N–H and O–H groups in total. The normalized spacial score (nSPS) is 25.1. The zero-order chi connectivity index (χ0) is 14.7. The van der Waals surface area contributed by atoms with Gasteiger partial charge in [-0.3, -0.25) is 8.98 Å². The van der Waals surface area contributed by atoms with Crippen molar-refractivity contribution in [3.8, 4) is 0 Å². The summed E-state index contributed by atoms with van der Waals surface area (Å²) in [6, 6.07) is 0. The molecule has 1 rings (SSSR count). The van der Waals surface area contributed by atoms with Crippen LogP contribution in [0.3, 0.4) is 0 Å². The molecule has 0 bridgehead atoms. The zero-order valence-electron chi connectivity index (χ0n) is 12.1. The predicted octanol–water partition coefficient (Wildman–Crippen LogP) is 2.25. The number of carbonyl (C=O) groups excluding carboxylic acids is 1. The largest absolute Gasteiger partial charge is 0.460 e. The first-order valence-corrected chi connectivity index (χ1v) is 8.47. The third-order valence-corrected chi connectivity index (χ3v) is 3.60. The second-order valence-corrected chi connectivity index (χ2v) is 7.83. The summed E-state index contributed by atoms with van der Waals surface area (Å²) in [6.45, 7) is 5.55. The summed E-state index contributed by atoms with van der Waals surface area (Å²) >= 11 is 0. The summed E-state index contributed by atoms with van der Waals surface area (Å²) in [4.78, 5) is 11.7. The van der Waals surface area contributed by atoms with Gasteiger partial charge in [0.2, 0.25) is 0 Å². The lowest BCUT2D eigenvalue weighted by Crippen LogP contribution is -2.28. The van der Waals surface area contributed by atoms with E-state index in [-0.39, 0.29) is 18.0 Å². The first-order valence-electron chi connectivity index (χ1n) is 6.65. The zero-order valence-corrected chi connectivity index (χ0v) is 13.0. The predicted molar refractivity (Wildman–Crippen MR) is 72.1 cm³/mol. The Kier molecular flexibility index (Phi) is 5.38. The van der Waals surface area contributed by atoms with E-state index in [0.717, 1.165) is 19.1 Å². The molecule has 0 saturated heterocycles. The lowest BCUT2D eigenvalue weighted by Gasteiger charge is -2.28. The summed E-state index contributed by atoms with van der Waals surface area (Å²) < 4.78 is 32.3. The minimum absolute atomic E-state index is 0.181. The van der Waals surface area contributed by atoms with Gasteiger partial charge in [-0.15, -0.1) is 0 Å². The first-order chi connectivity index (χ1) is 8.55. The van der Waals surface area contributed by atoms with Gasteiger partial charge in [0.05, 0.1) is 12.4 Å². The van der Waals surface area contributed by atoms with E-state index >= 15 is 0 Å². The van der Waals surface area contributed by atoms with Crippen LogP contribution in [0.15, 0.2) is 0 Å². The van der Waals surface area contributed by atoms with Crippen LogP contribution in [0.2, 0.25) is 0 Å². The maximum absolute atomic E-state index is 11.7. The highest BCUT2D eigenvalue weighted by atomic mass is 32.2. The Morgan fingerprint density at radius 1 is 1.16 bits per heavy atom. The van der Waals surface area contributed by atoms with Crippen LogP contribution in [0, 0.1) is 5.92 Å². The van der Waals surface area contributed by atoms with Gasteiger partial charge in [0.15, 0.2) is 0 Å². The van der Waals surface area contributed by atoms with Crippen molar-refractivity contribution >= 4 is 16.1 Å². The Labute approximate surface area is 115 Å². The minimum atomic E-state index is -3.38. The second-order valence-electron chi connectivity index (χ2n) is 6.23. The highest BCUT2D eigenvalue weighted by Gasteiger charge is 2.27. The molecule has 1 aliphatic carbocycles. The molecule has 6 heteroatoms. The Bertz CT molecular complexity index is 399. The molecule has 1 fully saturated rings. The molecule has 112 valence electrons. The molecule has 0 atom stereocenters. The molecular weight excluding hydrogens is 268 g/mol. The first kappa shape index (κ1) is 16.4. The Morgan fingerprint density at radius 2 is 1.68 bits per heavy atom. The van der Waals surface area contributed by atoms with E-state index in [1.807, 2.05) is 20.8 Å². The lowest BCUT2D eigenvalue weighted by atomic mass is 9.85. The lowest BCUT2D eigenvalue weighted by molar-refractivity contribution is -0.156. The molecular formula is C13H24O5S. The quantitative estimate of drug-likeness (QED) is 0.587. The fourth-order valence-electron chi connectivity index (χ4n) is 2.30. The Morgan fingerprint density at radius 3 is 2.11 bits per heavy atom. The Hall–Kier alpha value is -0.620. The maximum Gasteiger partial charge on any atom is 0.306 e. The van der Waals surface area contributed by atoms with E-state index in [4.69, 9.17) is 8.92 Å². The van der Waals surface area contributed by atoms with E-state index < -0.39 is 15.7 Å². The third-order valence-electron chi connectivity index (χ3n) is 2.98. The Balaban J connectivity index is 2.33. The molecule has 0 aromatic rings. The molecule has 0 radical (unpaired) electrons. The summed E-state index contributed by atoms with van der Waals surface area (Å²) in [5.41, 5.74) is -0.451. The van der Waals surface area contributed by atoms with Crippen LogP contribution in [-0.4, -0.2) is 32.3 Å². The van der Waals surface area contributed by atoms with Gasteiger partial charge < -0.3 is 4.74 Å². The highest BCUT2D eigenvalue weighted by molar-refractivity contribution is 7.86. The van der Waals surface area contributed by atoms with Crippen molar-refractivity contribution in [2.45, 2.75) is 64.6 Å². The van der Waals surface area contributed by atoms with E-state index in [1.165, 1.54) is 0 Å². The summed E-state index contributed by atoms with van der Waals surface area (Å²) in [7, 11) is -3.38. The van der Waals surface area contributed by atoms with Gasteiger partial charge in [0, 0.05) is 6.42 Å². The van der Waals surface area contributed by atoms with Gasteiger partial charge in [-0.1, -0.05) is 0 Å². The van der Waals surface area contributed by atoms with E-state index in [9.17, 15) is 13.2 Å². The van der Waals surface area contributed by atoms with Crippen LogP contribution in [0.25, 0.3) is 0 Å². The molecule has 0 unspecified atom stereocenters. The SMILES string of the molecule is CC(C)(C)OC(=O)CC1CCC(OS(C)(=O)=O)CC1. The number of ether oxygens (including phenoxy) is 1. The van der Waals surface area contributed by atoms with Crippen LogP contribution in [0.1, 0.15) is 52.9 Å². The number of rotatable bonds is 4. The van der Waals surface area contributed by atoms with Gasteiger partial charge in [-0.2, -0.15) is 8.42 Å². The molecule has 19 heavy (non-hydrogen) atoms. The van der Waals surface area contributed by atoms with Crippen molar-refractivity contribution in [2.75, 3.05) is 6.26 Å². The fraction of sp³-hybridized carbons (Fsp3) is 0.923. The van der Waals surface area contributed by atoms with Crippen LogP contribution < -0.4 is 0 Å². The van der Waals surface area contributed by atoms with Gasteiger partial charge in [-0.05, 0) is 52.4 Å². The van der Waals surface area contributed by atoms with Gasteiger partial charge >= 0.3 is 5.97 Å². The maximum atomic E-state index is 11.7.